The maximum Gasteiger partial charge on any atom is 0.338 e. The Morgan fingerprint density at radius 1 is 1.03 bits per heavy atom. The average Bonchev–Trinajstić information content (AvgIpc) is 3.49. The molecule has 1 fully saturated rings. The molecule has 0 bridgehead atoms. The minimum Gasteiger partial charge on any atom is -0.478 e. The van der Waals surface area contributed by atoms with Gasteiger partial charge in [0, 0.05) is 54.2 Å². The van der Waals surface area contributed by atoms with Gasteiger partial charge in [-0.3, -0.25) is 9.78 Å². The quantitative estimate of drug-likeness (QED) is 0.497. The summed E-state index contributed by atoms with van der Waals surface area (Å²) < 4.78 is 5.43. The first kappa shape index (κ1) is 19.7. The predicted octanol–water partition coefficient (Wildman–Crippen LogP) is 2.99. The molecule has 160 valence electrons. The Morgan fingerprint density at radius 3 is 2.56 bits per heavy atom. The van der Waals surface area contributed by atoms with E-state index in [1.807, 2.05) is 29.2 Å². The standard InChI is InChI=1S/C23H19N5O4/c29-21(27-17-6-9-28(13-17)23-25-11-16(12-26-23)22(30)31)15-3-1-14(2-4-15)20-18-7-10-32-19(18)5-8-24-20/h1-5,7-8,10-12,17H,6,9,13H2,(H,27,29)(H,30,31)/t17-/m0/s1. The first-order valence-corrected chi connectivity index (χ1v) is 10.1. The highest BCUT2D eigenvalue weighted by Crippen LogP contribution is 2.27. The lowest BCUT2D eigenvalue weighted by Gasteiger charge is -2.17. The Morgan fingerprint density at radius 2 is 1.81 bits per heavy atom. The van der Waals surface area contributed by atoms with Crippen LogP contribution in [0.1, 0.15) is 27.1 Å². The number of benzene rings is 1. The second-order valence-electron chi connectivity index (χ2n) is 7.55. The molecule has 0 unspecified atom stereocenters. The van der Waals surface area contributed by atoms with Crippen molar-refractivity contribution in [3.05, 3.63) is 72.4 Å². The Bertz CT molecular complexity index is 1280. The molecule has 5 rings (SSSR count). The van der Waals surface area contributed by atoms with Crippen LogP contribution in [-0.2, 0) is 0 Å². The van der Waals surface area contributed by atoms with Gasteiger partial charge in [-0.25, -0.2) is 14.8 Å². The summed E-state index contributed by atoms with van der Waals surface area (Å²) in [6.07, 6.45) is 6.66. The minimum atomic E-state index is -1.06. The van der Waals surface area contributed by atoms with E-state index < -0.39 is 5.97 Å². The van der Waals surface area contributed by atoms with Crippen molar-refractivity contribution in [2.24, 2.45) is 0 Å². The number of hydrogen-bond donors (Lipinski definition) is 2. The number of nitrogens with zero attached hydrogens (tertiary/aromatic N) is 4. The number of pyridine rings is 1. The average molecular weight is 429 g/mol. The molecule has 32 heavy (non-hydrogen) atoms. The van der Waals surface area contributed by atoms with Crippen LogP contribution in [0.4, 0.5) is 5.95 Å². The smallest absolute Gasteiger partial charge is 0.338 e. The molecule has 2 N–H and O–H groups in total. The summed E-state index contributed by atoms with van der Waals surface area (Å²) in [5.41, 5.74) is 3.09. The van der Waals surface area contributed by atoms with Gasteiger partial charge in [0.2, 0.25) is 5.95 Å². The van der Waals surface area contributed by atoms with E-state index in [0.29, 0.717) is 24.6 Å². The summed E-state index contributed by atoms with van der Waals surface area (Å²) in [6.45, 7) is 1.24. The second kappa shape index (κ2) is 8.10. The molecule has 4 aromatic rings. The van der Waals surface area contributed by atoms with Gasteiger partial charge in [-0.15, -0.1) is 0 Å². The van der Waals surface area contributed by atoms with Crippen molar-refractivity contribution in [3.63, 3.8) is 0 Å². The fourth-order valence-electron chi connectivity index (χ4n) is 3.83. The molecule has 1 amide bonds. The lowest BCUT2D eigenvalue weighted by Crippen LogP contribution is -2.37. The number of nitrogens with one attached hydrogen (secondary N) is 1. The van der Waals surface area contributed by atoms with Gasteiger partial charge in [0.05, 0.1) is 17.5 Å². The van der Waals surface area contributed by atoms with Gasteiger partial charge in [-0.1, -0.05) is 12.1 Å². The van der Waals surface area contributed by atoms with E-state index in [2.05, 4.69) is 20.3 Å². The number of anilines is 1. The van der Waals surface area contributed by atoms with Crippen LogP contribution in [0, 0.1) is 0 Å². The molecule has 9 heteroatoms. The summed E-state index contributed by atoms with van der Waals surface area (Å²) in [5.74, 6) is -0.761. The Hall–Kier alpha value is -4.27. The molecule has 1 saturated heterocycles. The number of aromatic carboxylic acids is 1. The van der Waals surface area contributed by atoms with Crippen LogP contribution in [0.2, 0.25) is 0 Å². The highest BCUT2D eigenvalue weighted by atomic mass is 16.4. The topological polar surface area (TPSA) is 121 Å². The van der Waals surface area contributed by atoms with Gasteiger partial charge in [-0.05, 0) is 30.7 Å². The van der Waals surface area contributed by atoms with Crippen LogP contribution >= 0.6 is 0 Å². The fourth-order valence-corrected chi connectivity index (χ4v) is 3.83. The van der Waals surface area contributed by atoms with E-state index >= 15 is 0 Å². The number of fused-ring (bicyclic) bond motifs is 1. The van der Waals surface area contributed by atoms with Crippen LogP contribution in [0.3, 0.4) is 0 Å². The molecule has 0 spiro atoms. The van der Waals surface area contributed by atoms with E-state index in [0.717, 1.165) is 28.6 Å². The number of furan rings is 1. The number of carboxylic acids is 1. The third-order valence-electron chi connectivity index (χ3n) is 5.49. The van der Waals surface area contributed by atoms with Crippen LogP contribution in [0.25, 0.3) is 22.2 Å². The van der Waals surface area contributed by atoms with Gasteiger partial charge in [-0.2, -0.15) is 0 Å². The van der Waals surface area contributed by atoms with Crippen molar-refractivity contribution in [2.45, 2.75) is 12.5 Å². The van der Waals surface area contributed by atoms with E-state index in [9.17, 15) is 9.59 Å². The molecule has 9 nitrogen and oxygen atoms in total. The number of rotatable bonds is 5. The van der Waals surface area contributed by atoms with Crippen LogP contribution < -0.4 is 10.2 Å². The Kier molecular flexibility index (Phi) is 4.98. The molecule has 0 saturated carbocycles. The summed E-state index contributed by atoms with van der Waals surface area (Å²) in [7, 11) is 0. The SMILES string of the molecule is O=C(O)c1cnc(N2CC[C@H](NC(=O)c3ccc(-c4nccc5occc45)cc3)C2)nc1. The molecule has 0 aliphatic carbocycles. The van der Waals surface area contributed by atoms with Gasteiger partial charge in [0.1, 0.15) is 5.58 Å². The van der Waals surface area contributed by atoms with E-state index in [4.69, 9.17) is 9.52 Å². The summed E-state index contributed by atoms with van der Waals surface area (Å²) >= 11 is 0. The molecule has 1 aromatic carbocycles. The first-order valence-electron chi connectivity index (χ1n) is 10.1. The number of carbonyl (C=O) groups excluding carboxylic acids is 1. The van der Waals surface area contributed by atoms with Gasteiger partial charge in [0.25, 0.3) is 5.91 Å². The van der Waals surface area contributed by atoms with Crippen molar-refractivity contribution >= 4 is 28.8 Å². The van der Waals surface area contributed by atoms with Crippen molar-refractivity contribution in [1.29, 1.82) is 0 Å². The molecule has 1 aliphatic heterocycles. The van der Waals surface area contributed by atoms with Crippen molar-refractivity contribution in [2.75, 3.05) is 18.0 Å². The van der Waals surface area contributed by atoms with Crippen LogP contribution in [0.5, 0.6) is 0 Å². The second-order valence-corrected chi connectivity index (χ2v) is 7.55. The third-order valence-corrected chi connectivity index (χ3v) is 5.49. The lowest BCUT2D eigenvalue weighted by molar-refractivity contribution is 0.0695. The minimum absolute atomic E-state index is 0.0421. The molecule has 0 radical (unpaired) electrons. The van der Waals surface area contributed by atoms with Crippen molar-refractivity contribution in [1.82, 2.24) is 20.3 Å². The largest absolute Gasteiger partial charge is 0.478 e. The highest BCUT2D eigenvalue weighted by molar-refractivity contribution is 5.96. The Balaban J connectivity index is 1.24. The number of carbonyl (C=O) groups is 2. The first-order chi connectivity index (χ1) is 15.6. The van der Waals surface area contributed by atoms with Crippen molar-refractivity contribution < 1.29 is 19.1 Å². The van der Waals surface area contributed by atoms with Gasteiger partial charge >= 0.3 is 5.97 Å². The van der Waals surface area contributed by atoms with E-state index in [-0.39, 0.29) is 17.5 Å². The number of aromatic nitrogens is 3. The predicted molar refractivity (Wildman–Crippen MR) is 117 cm³/mol. The molecule has 3 aromatic heterocycles. The van der Waals surface area contributed by atoms with Gasteiger partial charge < -0.3 is 19.7 Å². The maximum absolute atomic E-state index is 12.7. The van der Waals surface area contributed by atoms with E-state index in [1.165, 1.54) is 12.4 Å². The highest BCUT2D eigenvalue weighted by Gasteiger charge is 2.26. The summed E-state index contributed by atoms with van der Waals surface area (Å²) in [5, 5.41) is 12.9. The van der Waals surface area contributed by atoms with Crippen LogP contribution in [-0.4, -0.2) is 51.1 Å². The zero-order chi connectivity index (χ0) is 22.1. The molecular weight excluding hydrogens is 410 g/mol. The monoisotopic (exact) mass is 429 g/mol. The zero-order valence-corrected chi connectivity index (χ0v) is 16.9. The van der Waals surface area contributed by atoms with E-state index in [1.54, 1.807) is 24.6 Å². The zero-order valence-electron chi connectivity index (χ0n) is 16.9. The lowest BCUT2D eigenvalue weighted by atomic mass is 10.1. The maximum atomic E-state index is 12.7. The van der Waals surface area contributed by atoms with Gasteiger partial charge in [0.15, 0.2) is 0 Å². The molecule has 1 aliphatic rings. The molecular formula is C23H19N5O4. The third kappa shape index (κ3) is 3.76. The summed E-state index contributed by atoms with van der Waals surface area (Å²) in [6, 6.07) is 11.0. The number of carboxylic acid groups (broad SMARTS) is 1. The number of hydrogen-bond acceptors (Lipinski definition) is 7. The van der Waals surface area contributed by atoms with Crippen molar-refractivity contribution in [3.8, 4) is 11.3 Å². The number of amides is 1. The molecule has 1 atom stereocenters. The fraction of sp³-hybridized carbons (Fsp3) is 0.174. The Labute approximate surface area is 182 Å². The van der Waals surface area contributed by atoms with Crippen LogP contribution in [0.15, 0.2) is 65.7 Å². The molecule has 4 heterocycles. The normalized spacial score (nSPS) is 15.8. The summed E-state index contributed by atoms with van der Waals surface area (Å²) in [4.78, 5) is 38.3.